The minimum atomic E-state index is -1.96. The van der Waals surface area contributed by atoms with Crippen LogP contribution >= 0.6 is 21.6 Å². The van der Waals surface area contributed by atoms with E-state index in [9.17, 15) is 19.2 Å². The lowest BCUT2D eigenvalue weighted by molar-refractivity contribution is -0.144. The first kappa shape index (κ1) is 18.9. The monoisotopic (exact) mass is 324 g/mol. The highest BCUT2D eigenvalue weighted by atomic mass is 33.1. The first-order valence-corrected chi connectivity index (χ1v) is 7.68. The summed E-state index contributed by atoms with van der Waals surface area (Å²) in [4.78, 5) is 45.0. The number of carbonyl (C=O) groups is 4. The van der Waals surface area contributed by atoms with Crippen LogP contribution in [0.15, 0.2) is 0 Å². The normalized spacial score (nSPS) is 14.4. The van der Waals surface area contributed by atoms with Crippen LogP contribution < -0.4 is 11.5 Å². The number of carboxylic acids is 2. The maximum Gasteiger partial charge on any atom is 0.322 e. The Morgan fingerprint density at radius 3 is 1.80 bits per heavy atom. The number of aliphatic carboxylic acids is 2. The van der Waals surface area contributed by atoms with Gasteiger partial charge in [0.1, 0.15) is 12.1 Å². The molecular formula is C10H16N2O6S2. The Morgan fingerprint density at radius 1 is 1.05 bits per heavy atom. The summed E-state index contributed by atoms with van der Waals surface area (Å²) >= 11 is 0. The summed E-state index contributed by atoms with van der Waals surface area (Å²) in [5, 5.41) is 17.6. The minimum Gasteiger partial charge on any atom is -0.480 e. The van der Waals surface area contributed by atoms with Crippen molar-refractivity contribution in [3.8, 4) is 0 Å². The van der Waals surface area contributed by atoms with Gasteiger partial charge in [-0.3, -0.25) is 19.2 Å². The van der Waals surface area contributed by atoms with Gasteiger partial charge in [0.15, 0.2) is 16.3 Å². The highest BCUT2D eigenvalue weighted by Gasteiger charge is 2.50. The molecule has 0 amide bonds. The van der Waals surface area contributed by atoms with Gasteiger partial charge in [-0.25, -0.2) is 0 Å². The Hall–Kier alpha value is -1.10. The number of nitrogens with two attached hydrogens (primary N) is 2. The van der Waals surface area contributed by atoms with Crippen molar-refractivity contribution in [2.24, 2.45) is 11.5 Å². The number of carbonyl (C=O) groups excluding carboxylic acids is 2. The van der Waals surface area contributed by atoms with Gasteiger partial charge >= 0.3 is 11.9 Å². The van der Waals surface area contributed by atoms with E-state index in [-0.39, 0.29) is 5.75 Å². The average molecular weight is 324 g/mol. The minimum absolute atomic E-state index is 0.103. The third-order valence-corrected chi connectivity index (χ3v) is 5.76. The topological polar surface area (TPSA) is 161 Å². The predicted molar refractivity (Wildman–Crippen MR) is 75.4 cm³/mol. The van der Waals surface area contributed by atoms with Crippen LogP contribution in [0.1, 0.15) is 13.8 Å². The van der Waals surface area contributed by atoms with Gasteiger partial charge in [-0.15, -0.1) is 0 Å². The molecule has 0 aliphatic rings. The molecule has 0 heterocycles. The van der Waals surface area contributed by atoms with Crippen LogP contribution in [0.3, 0.4) is 0 Å². The molecule has 0 saturated heterocycles. The molecule has 0 radical (unpaired) electrons. The van der Waals surface area contributed by atoms with Gasteiger partial charge in [-0.2, -0.15) is 0 Å². The second-order valence-electron chi connectivity index (χ2n) is 3.98. The zero-order chi connectivity index (χ0) is 16.1. The van der Waals surface area contributed by atoms with Crippen molar-refractivity contribution >= 4 is 45.1 Å². The van der Waals surface area contributed by atoms with Crippen LogP contribution in [-0.2, 0) is 19.2 Å². The van der Waals surface area contributed by atoms with Gasteiger partial charge in [0.2, 0.25) is 0 Å². The second kappa shape index (κ2) is 7.62. The molecule has 0 saturated carbocycles. The maximum absolute atomic E-state index is 11.7. The predicted octanol–water partition coefficient (Wildman–Crippen LogP) is -0.892. The lowest BCUT2D eigenvalue weighted by Gasteiger charge is -2.30. The van der Waals surface area contributed by atoms with E-state index in [1.54, 1.807) is 0 Å². The molecule has 0 aromatic heterocycles. The van der Waals surface area contributed by atoms with Crippen molar-refractivity contribution in [3.63, 3.8) is 0 Å². The van der Waals surface area contributed by atoms with E-state index in [1.807, 2.05) is 0 Å². The lowest BCUT2D eigenvalue weighted by atomic mass is 9.91. The fourth-order valence-electron chi connectivity index (χ4n) is 1.30. The summed E-state index contributed by atoms with van der Waals surface area (Å²) in [6.45, 7) is 2.13. The summed E-state index contributed by atoms with van der Waals surface area (Å²) < 4.78 is -1.96. The molecule has 0 aliphatic heterocycles. The van der Waals surface area contributed by atoms with E-state index in [4.69, 9.17) is 21.7 Å². The molecule has 10 heteroatoms. The summed E-state index contributed by atoms with van der Waals surface area (Å²) in [5.74, 6) is -4.25. The third-order valence-electron chi connectivity index (χ3n) is 2.51. The van der Waals surface area contributed by atoms with Crippen molar-refractivity contribution in [1.82, 2.24) is 0 Å². The quantitative estimate of drug-likeness (QED) is 0.309. The molecule has 114 valence electrons. The Labute approximate surface area is 123 Å². The van der Waals surface area contributed by atoms with Crippen LogP contribution in [-0.4, -0.2) is 56.3 Å². The molecule has 0 aromatic carbocycles. The molecule has 20 heavy (non-hydrogen) atoms. The fourth-order valence-corrected chi connectivity index (χ4v) is 4.50. The van der Waals surface area contributed by atoms with Gasteiger partial charge in [0.05, 0.1) is 0 Å². The van der Waals surface area contributed by atoms with Gasteiger partial charge in [0, 0.05) is 5.75 Å². The van der Waals surface area contributed by atoms with E-state index in [0.29, 0.717) is 10.8 Å². The summed E-state index contributed by atoms with van der Waals surface area (Å²) in [7, 11) is 1.46. The second-order valence-corrected chi connectivity index (χ2v) is 6.56. The van der Waals surface area contributed by atoms with Crippen molar-refractivity contribution in [1.29, 1.82) is 0 Å². The fraction of sp³-hybridized carbons (Fsp3) is 0.600. The van der Waals surface area contributed by atoms with Gasteiger partial charge < -0.3 is 21.7 Å². The highest BCUT2D eigenvalue weighted by molar-refractivity contribution is 8.77. The molecule has 6 N–H and O–H groups in total. The van der Waals surface area contributed by atoms with Crippen molar-refractivity contribution in [2.45, 2.75) is 30.7 Å². The van der Waals surface area contributed by atoms with Gasteiger partial charge in [-0.05, 0) is 13.8 Å². The Morgan fingerprint density at radius 2 is 1.50 bits per heavy atom. The van der Waals surface area contributed by atoms with Crippen molar-refractivity contribution in [2.75, 3.05) is 5.75 Å². The van der Waals surface area contributed by atoms with Crippen LogP contribution in [0.4, 0.5) is 0 Å². The summed E-state index contributed by atoms with van der Waals surface area (Å²) in [6, 6.07) is -2.92. The van der Waals surface area contributed by atoms with E-state index >= 15 is 0 Å². The average Bonchev–Trinajstić information content (AvgIpc) is 2.32. The molecular weight excluding hydrogens is 308 g/mol. The molecule has 0 aliphatic carbocycles. The molecule has 0 bridgehead atoms. The Kier molecular flexibility index (Phi) is 7.20. The van der Waals surface area contributed by atoms with Crippen LogP contribution in [0.25, 0.3) is 0 Å². The van der Waals surface area contributed by atoms with Gasteiger partial charge in [-0.1, -0.05) is 21.6 Å². The number of carboxylic acid groups (broad SMARTS) is 2. The van der Waals surface area contributed by atoms with E-state index in [2.05, 4.69) is 0 Å². The van der Waals surface area contributed by atoms with Crippen LogP contribution in [0, 0.1) is 0 Å². The number of hydrogen-bond donors (Lipinski definition) is 4. The molecule has 0 aromatic rings. The first-order valence-electron chi connectivity index (χ1n) is 5.36. The van der Waals surface area contributed by atoms with E-state index in [1.165, 1.54) is 0 Å². The highest BCUT2D eigenvalue weighted by Crippen LogP contribution is 2.40. The van der Waals surface area contributed by atoms with Crippen molar-refractivity contribution in [3.05, 3.63) is 0 Å². The zero-order valence-electron chi connectivity index (χ0n) is 10.9. The number of rotatable bonds is 9. The summed E-state index contributed by atoms with van der Waals surface area (Å²) in [5.41, 5.74) is 10.7. The summed E-state index contributed by atoms with van der Waals surface area (Å²) in [6.07, 6.45) is 0. The molecule has 0 fully saturated rings. The number of ketones is 2. The van der Waals surface area contributed by atoms with Crippen molar-refractivity contribution < 1.29 is 29.4 Å². The maximum atomic E-state index is 11.7. The zero-order valence-corrected chi connectivity index (χ0v) is 12.5. The molecule has 0 unspecified atom stereocenters. The smallest absolute Gasteiger partial charge is 0.322 e. The van der Waals surface area contributed by atoms with E-state index in [0.717, 1.165) is 24.6 Å². The SMILES string of the molecule is CC(=O)C(SSC[C@H](N)C(=O)O)(C(C)=O)[C@H](N)C(=O)O. The molecule has 8 nitrogen and oxygen atoms in total. The molecule has 2 atom stereocenters. The Bertz CT molecular complexity index is 414. The molecule has 0 rings (SSSR count). The third kappa shape index (κ3) is 4.20. The lowest BCUT2D eigenvalue weighted by Crippen LogP contribution is -2.58. The van der Waals surface area contributed by atoms with Crippen LogP contribution in [0.5, 0.6) is 0 Å². The largest absolute Gasteiger partial charge is 0.480 e. The molecule has 0 spiro atoms. The number of Topliss-reactive ketones (excluding diaryl/α,β-unsaturated/α-hetero) is 2. The number of hydrogen-bond acceptors (Lipinski definition) is 8. The van der Waals surface area contributed by atoms with Gasteiger partial charge in [0.25, 0.3) is 0 Å². The first-order chi connectivity index (χ1) is 9.07. The Balaban J connectivity index is 5.15. The standard InChI is InChI=1S/C10H16N2O6S2/c1-4(13)10(5(2)14,7(12)9(17)18)20-19-3-6(11)8(15)16/h6-7H,3,11-12H2,1-2H3,(H,15,16)(H,17,18)/t6-,7+/m0/s1. The van der Waals surface area contributed by atoms with Crippen LogP contribution in [0.2, 0.25) is 0 Å². The van der Waals surface area contributed by atoms with E-state index < -0.39 is 40.3 Å².